The van der Waals surface area contributed by atoms with Crippen molar-refractivity contribution in [2.24, 2.45) is 21.8 Å². The number of benzene rings is 2. The van der Waals surface area contributed by atoms with E-state index in [-0.39, 0.29) is 18.3 Å². The highest BCUT2D eigenvalue weighted by atomic mass is 79.9. The number of methoxy groups -OCH3 is 1. The van der Waals surface area contributed by atoms with Crippen LogP contribution in [0.25, 0.3) is 0 Å². The molecule has 6 N–H and O–H groups in total. The van der Waals surface area contributed by atoms with E-state index in [0.717, 1.165) is 5.56 Å². The van der Waals surface area contributed by atoms with Crippen LogP contribution in [0, 0.1) is 0 Å². The number of halogens is 1. The Bertz CT molecular complexity index is 824. The van der Waals surface area contributed by atoms with E-state index >= 15 is 0 Å². The summed E-state index contributed by atoms with van der Waals surface area (Å²) in [7, 11) is 1.49. The summed E-state index contributed by atoms with van der Waals surface area (Å²) < 4.78 is 11.7. The predicted molar refractivity (Wildman–Crippen MR) is 96.5 cm³/mol. The van der Waals surface area contributed by atoms with Crippen molar-refractivity contribution >= 4 is 27.6 Å². The van der Waals surface area contributed by atoms with E-state index in [9.17, 15) is 0 Å². The number of oxime groups is 2. The van der Waals surface area contributed by atoms with Gasteiger partial charge in [-0.05, 0) is 39.7 Å². The molecule has 0 saturated carbocycles. The van der Waals surface area contributed by atoms with E-state index in [1.54, 1.807) is 30.3 Å². The summed E-state index contributed by atoms with van der Waals surface area (Å²) in [5.41, 5.74) is 13.1. The zero-order valence-corrected chi connectivity index (χ0v) is 14.9. The van der Waals surface area contributed by atoms with Crippen LogP contribution >= 0.6 is 15.9 Å². The minimum Gasteiger partial charge on any atom is -0.493 e. The molecule has 0 spiro atoms. The summed E-state index contributed by atoms with van der Waals surface area (Å²) in [4.78, 5) is 0. The lowest BCUT2D eigenvalue weighted by molar-refractivity contribution is 0.282. The lowest BCUT2D eigenvalue weighted by Crippen LogP contribution is -2.14. The van der Waals surface area contributed by atoms with Crippen molar-refractivity contribution in [1.29, 1.82) is 0 Å². The summed E-state index contributed by atoms with van der Waals surface area (Å²) in [5.74, 6) is 0.857. The topological polar surface area (TPSA) is 136 Å². The number of ether oxygens (including phenoxy) is 2. The average Bonchev–Trinajstić information content (AvgIpc) is 2.65. The fraction of sp³-hybridized carbons (Fsp3) is 0.125. The molecule has 2 aromatic carbocycles. The molecule has 0 aliphatic carbocycles. The normalized spacial score (nSPS) is 12.1. The fourth-order valence-corrected chi connectivity index (χ4v) is 2.66. The Morgan fingerprint density at radius 3 is 2.40 bits per heavy atom. The van der Waals surface area contributed by atoms with Gasteiger partial charge in [-0.25, -0.2) is 0 Å². The summed E-state index contributed by atoms with van der Waals surface area (Å²) in [6, 6.07) is 10.3. The van der Waals surface area contributed by atoms with Gasteiger partial charge in [-0.1, -0.05) is 28.5 Å². The van der Waals surface area contributed by atoms with Crippen LogP contribution < -0.4 is 20.9 Å². The van der Waals surface area contributed by atoms with Crippen LogP contribution in [-0.4, -0.2) is 29.2 Å². The van der Waals surface area contributed by atoms with Crippen molar-refractivity contribution in [3.63, 3.8) is 0 Å². The maximum Gasteiger partial charge on any atom is 0.175 e. The van der Waals surface area contributed by atoms with Gasteiger partial charge in [0.25, 0.3) is 0 Å². The maximum atomic E-state index is 8.79. The summed E-state index contributed by atoms with van der Waals surface area (Å²) in [5, 5.41) is 23.5. The molecule has 0 atom stereocenters. The van der Waals surface area contributed by atoms with E-state index < -0.39 is 0 Å². The van der Waals surface area contributed by atoms with Crippen LogP contribution in [0.3, 0.4) is 0 Å². The molecular formula is C16H17BrN4O4. The third-order valence-corrected chi connectivity index (χ3v) is 3.94. The Balaban J connectivity index is 2.26. The fourth-order valence-electron chi connectivity index (χ4n) is 2.10. The first-order chi connectivity index (χ1) is 12.0. The SMILES string of the molecule is COc1cc(/C(N)=N/O)cc(Br)c1OCc1cccc(/C(N)=N/O)c1. The number of nitrogens with zero attached hydrogens (tertiary/aromatic N) is 2. The molecule has 2 aromatic rings. The van der Waals surface area contributed by atoms with Crippen molar-refractivity contribution in [3.8, 4) is 11.5 Å². The number of hydrogen-bond acceptors (Lipinski definition) is 6. The van der Waals surface area contributed by atoms with Gasteiger partial charge >= 0.3 is 0 Å². The molecule has 0 aromatic heterocycles. The molecule has 9 heteroatoms. The van der Waals surface area contributed by atoms with Crippen LogP contribution in [0.2, 0.25) is 0 Å². The molecule has 0 unspecified atom stereocenters. The van der Waals surface area contributed by atoms with Crippen molar-refractivity contribution in [1.82, 2.24) is 0 Å². The molecule has 0 saturated heterocycles. The number of rotatable bonds is 6. The zero-order valence-electron chi connectivity index (χ0n) is 13.3. The van der Waals surface area contributed by atoms with Crippen LogP contribution in [0.15, 0.2) is 51.2 Å². The van der Waals surface area contributed by atoms with Crippen molar-refractivity contribution in [2.45, 2.75) is 6.61 Å². The summed E-state index contributed by atoms with van der Waals surface area (Å²) in [6.07, 6.45) is 0. The molecule has 8 nitrogen and oxygen atoms in total. The molecular weight excluding hydrogens is 392 g/mol. The van der Waals surface area contributed by atoms with E-state index in [4.69, 9.17) is 31.4 Å². The molecule has 2 rings (SSSR count). The average molecular weight is 409 g/mol. The van der Waals surface area contributed by atoms with Gasteiger partial charge in [-0.2, -0.15) is 0 Å². The monoisotopic (exact) mass is 408 g/mol. The lowest BCUT2D eigenvalue weighted by Gasteiger charge is -2.14. The van der Waals surface area contributed by atoms with Gasteiger partial charge in [0.2, 0.25) is 0 Å². The highest BCUT2D eigenvalue weighted by Gasteiger charge is 2.14. The van der Waals surface area contributed by atoms with E-state index in [1.165, 1.54) is 7.11 Å². The number of nitrogens with two attached hydrogens (primary N) is 2. The van der Waals surface area contributed by atoms with E-state index in [1.807, 2.05) is 6.07 Å². The van der Waals surface area contributed by atoms with Gasteiger partial charge in [-0.3, -0.25) is 0 Å². The Hall–Kier alpha value is -2.94. The van der Waals surface area contributed by atoms with Crippen molar-refractivity contribution in [2.75, 3.05) is 7.11 Å². The highest BCUT2D eigenvalue weighted by Crippen LogP contribution is 2.37. The second-order valence-corrected chi connectivity index (χ2v) is 5.80. The molecule has 0 radical (unpaired) electrons. The van der Waals surface area contributed by atoms with Crippen molar-refractivity contribution < 1.29 is 19.9 Å². The summed E-state index contributed by atoms with van der Waals surface area (Å²) in [6.45, 7) is 0.227. The Kier molecular flexibility index (Phi) is 6.07. The summed E-state index contributed by atoms with van der Waals surface area (Å²) >= 11 is 3.39. The minimum absolute atomic E-state index is 0.0173. The van der Waals surface area contributed by atoms with E-state index in [2.05, 4.69) is 26.2 Å². The second kappa shape index (κ2) is 8.25. The maximum absolute atomic E-state index is 8.79. The standard InChI is InChI=1S/C16H17BrN4O4/c1-24-13-7-11(16(19)21-23)6-12(17)14(13)25-8-9-3-2-4-10(5-9)15(18)20-22/h2-7,22-23H,8H2,1H3,(H2,18,20)(H2,19,21). The Morgan fingerprint density at radius 1 is 1.08 bits per heavy atom. The van der Waals surface area contributed by atoms with Gasteiger partial charge in [0.05, 0.1) is 11.6 Å². The number of amidine groups is 2. The first-order valence-electron chi connectivity index (χ1n) is 7.05. The third kappa shape index (κ3) is 4.32. The molecule has 0 aliphatic heterocycles. The second-order valence-electron chi connectivity index (χ2n) is 4.95. The Labute approximate surface area is 152 Å². The predicted octanol–water partition coefficient (Wildman–Crippen LogP) is 2.23. The van der Waals surface area contributed by atoms with Crippen LogP contribution in [0.1, 0.15) is 16.7 Å². The molecule has 0 fully saturated rings. The quantitative estimate of drug-likeness (QED) is 0.250. The molecule has 0 amide bonds. The molecule has 0 aliphatic rings. The first kappa shape index (κ1) is 18.4. The lowest BCUT2D eigenvalue weighted by atomic mass is 10.1. The van der Waals surface area contributed by atoms with Crippen LogP contribution in [0.4, 0.5) is 0 Å². The Morgan fingerprint density at radius 2 is 1.76 bits per heavy atom. The smallest absolute Gasteiger partial charge is 0.175 e. The molecule has 132 valence electrons. The minimum atomic E-state index is -0.0444. The molecule has 0 heterocycles. The zero-order chi connectivity index (χ0) is 18.4. The van der Waals surface area contributed by atoms with Crippen molar-refractivity contribution in [3.05, 3.63) is 57.6 Å². The van der Waals surface area contributed by atoms with Crippen LogP contribution in [-0.2, 0) is 6.61 Å². The van der Waals surface area contributed by atoms with Gasteiger partial charge in [0.15, 0.2) is 23.2 Å². The van der Waals surface area contributed by atoms with Gasteiger partial charge in [-0.15, -0.1) is 0 Å². The number of hydrogen-bond donors (Lipinski definition) is 4. The van der Waals surface area contributed by atoms with Gasteiger partial charge in [0, 0.05) is 11.1 Å². The molecule has 25 heavy (non-hydrogen) atoms. The largest absolute Gasteiger partial charge is 0.493 e. The van der Waals surface area contributed by atoms with Gasteiger partial charge < -0.3 is 31.4 Å². The molecule has 0 bridgehead atoms. The van der Waals surface area contributed by atoms with Crippen LogP contribution in [0.5, 0.6) is 11.5 Å². The first-order valence-corrected chi connectivity index (χ1v) is 7.84. The third-order valence-electron chi connectivity index (χ3n) is 3.35. The van der Waals surface area contributed by atoms with Gasteiger partial charge in [0.1, 0.15) is 6.61 Å². The van der Waals surface area contributed by atoms with E-state index in [0.29, 0.717) is 27.1 Å². The highest BCUT2D eigenvalue weighted by molar-refractivity contribution is 9.10.